The van der Waals surface area contributed by atoms with E-state index < -0.39 is 0 Å². The first-order valence-corrected chi connectivity index (χ1v) is 7.59. The minimum absolute atomic E-state index is 0.00826. The summed E-state index contributed by atoms with van der Waals surface area (Å²) >= 11 is 1.48. The molecule has 6 heteroatoms. The van der Waals surface area contributed by atoms with Gasteiger partial charge < -0.3 is 4.74 Å². The molecule has 0 saturated carbocycles. The zero-order valence-electron chi connectivity index (χ0n) is 12.8. The second-order valence-corrected chi connectivity index (χ2v) is 6.03. The van der Waals surface area contributed by atoms with Crippen molar-refractivity contribution in [3.05, 3.63) is 46.1 Å². The maximum absolute atomic E-state index is 12.4. The monoisotopic (exact) mass is 315 g/mol. The molecule has 1 heterocycles. The lowest BCUT2D eigenvalue weighted by molar-refractivity contribution is -0.122. The number of carbonyl (C=O) groups excluding carboxylic acids is 1. The number of hydrogen-bond donors (Lipinski definition) is 0. The van der Waals surface area contributed by atoms with Crippen molar-refractivity contribution in [1.29, 1.82) is 5.26 Å². The van der Waals surface area contributed by atoms with E-state index in [1.807, 2.05) is 26.0 Å². The third-order valence-corrected chi connectivity index (χ3v) is 4.19. The van der Waals surface area contributed by atoms with E-state index in [-0.39, 0.29) is 12.5 Å². The van der Waals surface area contributed by atoms with Gasteiger partial charge in [0.05, 0.1) is 28.9 Å². The van der Waals surface area contributed by atoms with Crippen LogP contribution < -0.4 is 4.90 Å². The third kappa shape index (κ3) is 3.70. The Balaban J connectivity index is 2.34. The lowest BCUT2D eigenvalue weighted by Crippen LogP contribution is -2.33. The standard InChI is InChI=1S/C16H17N3O2S/c1-11-16(22-12(2)18-11)19(15(20)10-21-3)9-14-6-4-5-13(7-14)8-17/h4-7H,9-10H2,1-3H3. The minimum Gasteiger partial charge on any atom is -0.375 e. The molecule has 0 aliphatic rings. The quantitative estimate of drug-likeness (QED) is 0.851. The average molecular weight is 315 g/mol. The van der Waals surface area contributed by atoms with Gasteiger partial charge in [0, 0.05) is 7.11 Å². The highest BCUT2D eigenvalue weighted by molar-refractivity contribution is 7.16. The molecule has 0 fully saturated rings. The predicted octanol–water partition coefficient (Wildman–Crippen LogP) is 2.81. The fourth-order valence-corrected chi connectivity index (χ4v) is 3.10. The van der Waals surface area contributed by atoms with Gasteiger partial charge in [0.1, 0.15) is 11.6 Å². The number of aromatic nitrogens is 1. The Bertz CT molecular complexity index is 718. The largest absolute Gasteiger partial charge is 0.375 e. The number of rotatable bonds is 5. The van der Waals surface area contributed by atoms with Gasteiger partial charge in [0.25, 0.3) is 5.91 Å². The van der Waals surface area contributed by atoms with E-state index in [0.29, 0.717) is 12.1 Å². The summed E-state index contributed by atoms with van der Waals surface area (Å²) in [6, 6.07) is 9.36. The second-order valence-electron chi connectivity index (χ2n) is 4.85. The van der Waals surface area contributed by atoms with Crippen molar-refractivity contribution in [3.8, 4) is 6.07 Å². The first kappa shape index (κ1) is 16.1. The minimum atomic E-state index is -0.128. The number of amides is 1. The molecule has 0 unspecified atom stereocenters. The van der Waals surface area contributed by atoms with Gasteiger partial charge in [-0.25, -0.2) is 4.98 Å². The Morgan fingerprint density at radius 2 is 2.23 bits per heavy atom. The fourth-order valence-electron chi connectivity index (χ4n) is 2.17. The molecule has 0 aliphatic carbocycles. The van der Waals surface area contributed by atoms with Crippen LogP contribution >= 0.6 is 11.3 Å². The molecule has 1 aromatic heterocycles. The van der Waals surface area contributed by atoms with Crippen molar-refractivity contribution in [2.75, 3.05) is 18.6 Å². The molecule has 22 heavy (non-hydrogen) atoms. The summed E-state index contributed by atoms with van der Waals surface area (Å²) < 4.78 is 4.98. The van der Waals surface area contributed by atoms with Crippen molar-refractivity contribution in [2.24, 2.45) is 0 Å². The highest BCUT2D eigenvalue weighted by Gasteiger charge is 2.21. The third-order valence-electron chi connectivity index (χ3n) is 3.09. The van der Waals surface area contributed by atoms with E-state index >= 15 is 0 Å². The Hall–Kier alpha value is -2.23. The maximum atomic E-state index is 12.4. The number of aryl methyl sites for hydroxylation is 2. The van der Waals surface area contributed by atoms with Gasteiger partial charge in [-0.3, -0.25) is 9.69 Å². The van der Waals surface area contributed by atoms with E-state index in [4.69, 9.17) is 10.00 Å². The molecule has 1 amide bonds. The number of ether oxygens (including phenoxy) is 1. The van der Waals surface area contributed by atoms with Gasteiger partial charge in [-0.05, 0) is 31.5 Å². The average Bonchev–Trinajstić information content (AvgIpc) is 2.83. The molecule has 0 bridgehead atoms. The highest BCUT2D eigenvalue weighted by Crippen LogP contribution is 2.29. The van der Waals surface area contributed by atoms with Crippen molar-refractivity contribution in [2.45, 2.75) is 20.4 Å². The lowest BCUT2D eigenvalue weighted by Gasteiger charge is -2.21. The van der Waals surface area contributed by atoms with Crippen molar-refractivity contribution < 1.29 is 9.53 Å². The zero-order chi connectivity index (χ0) is 16.1. The summed E-state index contributed by atoms with van der Waals surface area (Å²) in [4.78, 5) is 18.4. The number of benzene rings is 1. The topological polar surface area (TPSA) is 66.2 Å². The molecule has 0 saturated heterocycles. The number of nitriles is 1. The summed E-state index contributed by atoms with van der Waals surface area (Å²) in [6.07, 6.45) is 0. The summed E-state index contributed by atoms with van der Waals surface area (Å²) in [6.45, 7) is 4.20. The van der Waals surface area contributed by atoms with Gasteiger partial charge in [0.15, 0.2) is 0 Å². The molecular weight excluding hydrogens is 298 g/mol. The van der Waals surface area contributed by atoms with Crippen LogP contribution in [0.1, 0.15) is 21.8 Å². The summed E-state index contributed by atoms with van der Waals surface area (Å²) in [5, 5.41) is 10.7. The predicted molar refractivity (Wildman–Crippen MR) is 85.8 cm³/mol. The van der Waals surface area contributed by atoms with Gasteiger partial charge in [-0.15, -0.1) is 11.3 Å². The van der Waals surface area contributed by atoms with Crippen LogP contribution in [-0.2, 0) is 16.1 Å². The van der Waals surface area contributed by atoms with Crippen LogP contribution in [0.2, 0.25) is 0 Å². The summed E-state index contributed by atoms with van der Waals surface area (Å²) in [5.74, 6) is -0.128. The van der Waals surface area contributed by atoms with Crippen molar-refractivity contribution >= 4 is 22.2 Å². The lowest BCUT2D eigenvalue weighted by atomic mass is 10.1. The van der Waals surface area contributed by atoms with Gasteiger partial charge in [0.2, 0.25) is 0 Å². The number of carbonyl (C=O) groups is 1. The number of thiazole rings is 1. The van der Waals surface area contributed by atoms with E-state index in [9.17, 15) is 4.79 Å². The molecule has 114 valence electrons. The Labute approximate surface area is 133 Å². The molecule has 0 radical (unpaired) electrons. The Morgan fingerprint density at radius 3 is 2.82 bits per heavy atom. The van der Waals surface area contributed by atoms with Crippen LogP contribution in [-0.4, -0.2) is 24.6 Å². The number of hydrogen-bond acceptors (Lipinski definition) is 5. The van der Waals surface area contributed by atoms with Crippen LogP contribution in [0.5, 0.6) is 0 Å². The number of methoxy groups -OCH3 is 1. The van der Waals surface area contributed by atoms with Crippen LogP contribution in [0.15, 0.2) is 24.3 Å². The molecule has 2 aromatic rings. The van der Waals surface area contributed by atoms with Crippen LogP contribution in [0, 0.1) is 25.2 Å². The van der Waals surface area contributed by atoms with E-state index in [2.05, 4.69) is 11.1 Å². The van der Waals surface area contributed by atoms with Crippen LogP contribution in [0.25, 0.3) is 0 Å². The highest BCUT2D eigenvalue weighted by atomic mass is 32.1. The number of nitrogens with zero attached hydrogens (tertiary/aromatic N) is 3. The van der Waals surface area contributed by atoms with Gasteiger partial charge >= 0.3 is 0 Å². The Kier molecular flexibility index (Phi) is 5.26. The first-order valence-electron chi connectivity index (χ1n) is 6.77. The van der Waals surface area contributed by atoms with Crippen molar-refractivity contribution in [3.63, 3.8) is 0 Å². The molecule has 2 rings (SSSR count). The molecule has 0 N–H and O–H groups in total. The van der Waals surface area contributed by atoms with E-state index in [1.54, 1.807) is 17.0 Å². The number of anilines is 1. The first-order chi connectivity index (χ1) is 10.5. The van der Waals surface area contributed by atoms with Gasteiger partial charge in [-0.1, -0.05) is 12.1 Å². The SMILES string of the molecule is COCC(=O)N(Cc1cccc(C#N)c1)c1sc(C)nc1C. The normalized spacial score (nSPS) is 10.3. The van der Waals surface area contributed by atoms with Crippen LogP contribution in [0.4, 0.5) is 5.00 Å². The molecule has 1 aromatic carbocycles. The molecule has 0 aliphatic heterocycles. The van der Waals surface area contributed by atoms with Gasteiger partial charge in [-0.2, -0.15) is 5.26 Å². The summed E-state index contributed by atoms with van der Waals surface area (Å²) in [7, 11) is 1.50. The molecule has 0 atom stereocenters. The van der Waals surface area contributed by atoms with Crippen LogP contribution in [0.3, 0.4) is 0 Å². The summed E-state index contributed by atoms with van der Waals surface area (Å²) in [5.41, 5.74) is 2.30. The molecule has 5 nitrogen and oxygen atoms in total. The molecule has 0 spiro atoms. The van der Waals surface area contributed by atoms with E-state index in [1.165, 1.54) is 18.4 Å². The Morgan fingerprint density at radius 1 is 1.45 bits per heavy atom. The second kappa shape index (κ2) is 7.16. The smallest absolute Gasteiger partial charge is 0.253 e. The maximum Gasteiger partial charge on any atom is 0.253 e. The fraction of sp³-hybridized carbons (Fsp3) is 0.312. The van der Waals surface area contributed by atoms with E-state index in [0.717, 1.165) is 21.3 Å². The molecular formula is C16H17N3O2S. The van der Waals surface area contributed by atoms with Crippen molar-refractivity contribution in [1.82, 2.24) is 4.98 Å². The zero-order valence-corrected chi connectivity index (χ0v) is 13.6.